The summed E-state index contributed by atoms with van der Waals surface area (Å²) in [7, 11) is -3.74. The van der Waals surface area contributed by atoms with Crippen LogP contribution in [0, 0.1) is 0 Å². The number of halogens is 1. The Bertz CT molecular complexity index is 1540. The number of benzene rings is 2. The highest BCUT2D eigenvalue weighted by atomic mass is 35.5. The monoisotopic (exact) mass is 512 g/mol. The fourth-order valence-electron chi connectivity index (χ4n) is 3.95. The molecule has 0 saturated heterocycles. The van der Waals surface area contributed by atoms with E-state index in [2.05, 4.69) is 20.0 Å². The molecule has 0 radical (unpaired) electrons. The summed E-state index contributed by atoms with van der Waals surface area (Å²) in [5, 5.41) is 13.2. The van der Waals surface area contributed by atoms with Crippen molar-refractivity contribution in [2.45, 2.75) is 18.2 Å². The van der Waals surface area contributed by atoms with Crippen LogP contribution in [0.5, 0.6) is 5.88 Å². The Morgan fingerprint density at radius 1 is 1.14 bits per heavy atom. The van der Waals surface area contributed by atoms with Gasteiger partial charge in [-0.2, -0.15) is 4.52 Å². The van der Waals surface area contributed by atoms with Crippen LogP contribution in [0.3, 0.4) is 0 Å². The van der Waals surface area contributed by atoms with Crippen LogP contribution < -0.4 is 14.4 Å². The molecule has 10 nitrogen and oxygen atoms in total. The Balaban J connectivity index is 1.24. The molecule has 2 aromatic heterocycles. The Labute approximate surface area is 206 Å². The zero-order valence-corrected chi connectivity index (χ0v) is 20.3. The average molecular weight is 513 g/mol. The number of carbonyl (C=O) groups excluding carboxylic acids is 1. The lowest BCUT2D eigenvalue weighted by molar-refractivity contribution is -0.116. The number of fused-ring (bicyclic) bond motifs is 2. The van der Waals surface area contributed by atoms with Gasteiger partial charge in [0.1, 0.15) is 6.61 Å². The molecule has 0 aliphatic carbocycles. The lowest BCUT2D eigenvalue weighted by Gasteiger charge is -2.15. The molecule has 4 aromatic rings. The van der Waals surface area contributed by atoms with Gasteiger partial charge >= 0.3 is 0 Å². The number of ether oxygens (including phenoxy) is 1. The summed E-state index contributed by atoms with van der Waals surface area (Å²) >= 11 is 6.28. The van der Waals surface area contributed by atoms with E-state index in [1.54, 1.807) is 35.2 Å². The Morgan fingerprint density at radius 2 is 1.97 bits per heavy atom. The summed E-state index contributed by atoms with van der Waals surface area (Å²) in [5.41, 5.74) is 2.79. The Hall–Kier alpha value is -3.54. The van der Waals surface area contributed by atoms with Crippen LogP contribution in [-0.4, -0.2) is 53.8 Å². The van der Waals surface area contributed by atoms with Crippen molar-refractivity contribution in [1.29, 1.82) is 0 Å². The summed E-state index contributed by atoms with van der Waals surface area (Å²) in [6, 6.07) is 15.4. The minimum atomic E-state index is -3.74. The molecular formula is C23H21ClN6O4S. The van der Waals surface area contributed by atoms with Crippen LogP contribution >= 0.6 is 11.6 Å². The van der Waals surface area contributed by atoms with E-state index in [1.807, 2.05) is 18.2 Å². The van der Waals surface area contributed by atoms with E-state index >= 15 is 0 Å². The number of nitrogens with one attached hydrogen (secondary N) is 1. The molecule has 0 saturated carbocycles. The largest absolute Gasteiger partial charge is 0.475 e. The van der Waals surface area contributed by atoms with Gasteiger partial charge in [-0.15, -0.1) is 15.3 Å². The molecule has 1 aliphatic heterocycles. The maximum atomic E-state index is 12.7. The van der Waals surface area contributed by atoms with Crippen LogP contribution in [0.25, 0.3) is 17.0 Å². The van der Waals surface area contributed by atoms with Crippen LogP contribution in [0.1, 0.15) is 12.5 Å². The first-order chi connectivity index (χ1) is 16.8. The van der Waals surface area contributed by atoms with E-state index in [1.165, 1.54) is 17.5 Å². The van der Waals surface area contributed by atoms with Gasteiger partial charge in [0.25, 0.3) is 0 Å². The molecule has 0 spiro atoms. The minimum Gasteiger partial charge on any atom is -0.475 e. The third-order valence-electron chi connectivity index (χ3n) is 5.63. The van der Waals surface area contributed by atoms with Gasteiger partial charge in [0, 0.05) is 37.3 Å². The summed E-state index contributed by atoms with van der Waals surface area (Å²) in [5.74, 6) is 0.690. The van der Waals surface area contributed by atoms with Gasteiger partial charge in [0.15, 0.2) is 11.5 Å². The van der Waals surface area contributed by atoms with Gasteiger partial charge in [-0.1, -0.05) is 23.7 Å². The predicted molar refractivity (Wildman–Crippen MR) is 130 cm³/mol. The van der Waals surface area contributed by atoms with Gasteiger partial charge in [-0.3, -0.25) is 4.79 Å². The van der Waals surface area contributed by atoms with Crippen molar-refractivity contribution in [3.8, 4) is 17.3 Å². The van der Waals surface area contributed by atoms with Crippen molar-refractivity contribution in [3.63, 3.8) is 0 Å². The topological polar surface area (TPSA) is 119 Å². The van der Waals surface area contributed by atoms with E-state index < -0.39 is 10.0 Å². The number of carbonyl (C=O) groups is 1. The highest BCUT2D eigenvalue weighted by Gasteiger charge is 2.24. The summed E-state index contributed by atoms with van der Waals surface area (Å²) in [6.07, 6.45) is 0.620. The van der Waals surface area contributed by atoms with Crippen molar-refractivity contribution in [2.75, 3.05) is 24.6 Å². The second kappa shape index (κ2) is 9.25. The molecule has 12 heteroatoms. The standard InChI is InChI=1S/C23H21ClN6O4S/c1-15(31)29-12-10-16-14-17(6-7-20(16)29)35(32,33)25-11-13-34-22-9-8-21-26-27-23(30(21)28-22)18-4-2-3-5-19(18)24/h2-9,14,25H,10-13H2,1H3. The summed E-state index contributed by atoms with van der Waals surface area (Å²) in [4.78, 5) is 13.5. The summed E-state index contributed by atoms with van der Waals surface area (Å²) in [6.45, 7) is 2.15. The number of amides is 1. The third kappa shape index (κ3) is 4.57. The molecule has 0 fully saturated rings. The number of hydrogen-bond donors (Lipinski definition) is 1. The lowest BCUT2D eigenvalue weighted by Crippen LogP contribution is -2.28. The lowest BCUT2D eigenvalue weighted by atomic mass is 10.2. The molecule has 1 N–H and O–H groups in total. The first-order valence-corrected chi connectivity index (χ1v) is 12.7. The van der Waals surface area contributed by atoms with Gasteiger partial charge in [0.2, 0.25) is 21.8 Å². The van der Waals surface area contributed by atoms with Crippen LogP contribution in [0.2, 0.25) is 5.02 Å². The normalized spacial score (nSPS) is 13.3. The zero-order chi connectivity index (χ0) is 24.6. The van der Waals surface area contributed by atoms with Crippen molar-refractivity contribution >= 4 is 38.9 Å². The molecule has 35 heavy (non-hydrogen) atoms. The first kappa shape index (κ1) is 23.2. The van der Waals surface area contributed by atoms with E-state index in [9.17, 15) is 13.2 Å². The number of sulfonamides is 1. The number of rotatable bonds is 7. The molecule has 2 aromatic carbocycles. The van der Waals surface area contributed by atoms with Gasteiger partial charge in [-0.05, 0) is 48.4 Å². The van der Waals surface area contributed by atoms with E-state index in [-0.39, 0.29) is 29.8 Å². The number of nitrogens with zero attached hydrogens (tertiary/aromatic N) is 5. The predicted octanol–water partition coefficient (Wildman–Crippen LogP) is 2.71. The quantitative estimate of drug-likeness (QED) is 0.378. The Kier molecular flexibility index (Phi) is 6.13. The highest BCUT2D eigenvalue weighted by molar-refractivity contribution is 7.89. The molecule has 1 aliphatic rings. The fraction of sp³-hybridized carbons (Fsp3) is 0.217. The van der Waals surface area contributed by atoms with Gasteiger partial charge in [-0.25, -0.2) is 13.1 Å². The average Bonchev–Trinajstić information content (AvgIpc) is 3.46. The maximum Gasteiger partial charge on any atom is 0.240 e. The summed E-state index contributed by atoms with van der Waals surface area (Å²) < 4.78 is 35.2. The van der Waals surface area contributed by atoms with Crippen molar-refractivity contribution in [1.82, 2.24) is 24.5 Å². The Morgan fingerprint density at radius 3 is 2.77 bits per heavy atom. The SMILES string of the molecule is CC(=O)N1CCc2cc(S(=O)(=O)NCCOc3ccc4nnc(-c5ccccc5Cl)n4n3)ccc21. The molecule has 3 heterocycles. The molecule has 1 amide bonds. The maximum absolute atomic E-state index is 12.7. The van der Waals surface area contributed by atoms with Crippen LogP contribution in [0.4, 0.5) is 5.69 Å². The van der Waals surface area contributed by atoms with Gasteiger partial charge < -0.3 is 9.64 Å². The molecular weight excluding hydrogens is 492 g/mol. The molecule has 0 atom stereocenters. The third-order valence-corrected chi connectivity index (χ3v) is 7.42. The van der Waals surface area contributed by atoms with E-state index in [0.717, 1.165) is 11.3 Å². The smallest absolute Gasteiger partial charge is 0.240 e. The fourth-order valence-corrected chi connectivity index (χ4v) is 5.23. The van der Waals surface area contributed by atoms with Crippen LogP contribution in [0.15, 0.2) is 59.5 Å². The van der Waals surface area contributed by atoms with Crippen molar-refractivity contribution in [3.05, 3.63) is 65.2 Å². The van der Waals surface area contributed by atoms with Gasteiger partial charge in [0.05, 0.1) is 9.92 Å². The number of hydrogen-bond acceptors (Lipinski definition) is 7. The molecule has 5 rings (SSSR count). The van der Waals surface area contributed by atoms with E-state index in [4.69, 9.17) is 16.3 Å². The van der Waals surface area contributed by atoms with Crippen LogP contribution in [-0.2, 0) is 21.2 Å². The van der Waals surface area contributed by atoms with E-state index in [0.29, 0.717) is 35.0 Å². The number of aromatic nitrogens is 4. The number of anilines is 1. The molecule has 180 valence electrons. The first-order valence-electron chi connectivity index (χ1n) is 10.8. The van der Waals surface area contributed by atoms with Crippen molar-refractivity contribution in [2.24, 2.45) is 0 Å². The second-order valence-corrected chi connectivity index (χ2v) is 10.1. The highest BCUT2D eigenvalue weighted by Crippen LogP contribution is 2.30. The molecule has 0 unspecified atom stereocenters. The molecule has 0 bridgehead atoms. The zero-order valence-electron chi connectivity index (χ0n) is 18.7. The minimum absolute atomic E-state index is 0.0399. The second-order valence-electron chi connectivity index (χ2n) is 7.90. The van der Waals surface area contributed by atoms with Crippen molar-refractivity contribution < 1.29 is 17.9 Å².